The number of rotatable bonds is 7. The Morgan fingerprint density at radius 2 is 1.90 bits per heavy atom. The van der Waals surface area contributed by atoms with E-state index in [0.29, 0.717) is 17.3 Å². The lowest BCUT2D eigenvalue weighted by Crippen LogP contribution is -2.40. The van der Waals surface area contributed by atoms with Crippen LogP contribution in [0.5, 0.6) is 0 Å². The standard InChI is InChI=1S/C22H30ClN5O.HI/c1-5-24-21(25-12-11-16-9-10-19(23)26-14-16)27-15-17-7-6-8-18(13-17)20(29)28-22(2,3)4;/h6-10,13-14H,5,11-12,15H2,1-4H3,(H,28,29)(H2,24,25,27);1H. The van der Waals surface area contributed by atoms with Crippen molar-refractivity contribution in [3.63, 3.8) is 0 Å². The number of hydrogen-bond donors (Lipinski definition) is 3. The third-order valence-electron chi connectivity index (χ3n) is 3.94. The van der Waals surface area contributed by atoms with Crippen LogP contribution in [0.4, 0.5) is 0 Å². The maximum Gasteiger partial charge on any atom is 0.251 e. The molecule has 2 rings (SSSR count). The van der Waals surface area contributed by atoms with Crippen LogP contribution in [0.1, 0.15) is 49.2 Å². The number of carbonyl (C=O) groups is 1. The zero-order valence-electron chi connectivity index (χ0n) is 18.0. The van der Waals surface area contributed by atoms with Crippen LogP contribution in [0.15, 0.2) is 47.6 Å². The number of halogens is 2. The Hall–Kier alpha value is -1.87. The first kappa shape index (κ1) is 26.2. The maximum atomic E-state index is 12.4. The molecule has 0 fully saturated rings. The van der Waals surface area contributed by atoms with Gasteiger partial charge in [0.05, 0.1) is 6.54 Å². The number of hydrogen-bond acceptors (Lipinski definition) is 3. The molecular weight excluding hydrogens is 513 g/mol. The number of carbonyl (C=O) groups excluding carboxylic acids is 1. The lowest BCUT2D eigenvalue weighted by Gasteiger charge is -2.20. The van der Waals surface area contributed by atoms with Gasteiger partial charge in [-0.3, -0.25) is 4.79 Å². The van der Waals surface area contributed by atoms with Crippen molar-refractivity contribution in [2.75, 3.05) is 13.1 Å². The van der Waals surface area contributed by atoms with Gasteiger partial charge in [0.1, 0.15) is 5.15 Å². The number of benzene rings is 1. The van der Waals surface area contributed by atoms with Gasteiger partial charge in [0.15, 0.2) is 5.96 Å². The second-order valence-corrected chi connectivity index (χ2v) is 8.15. The molecule has 0 atom stereocenters. The van der Waals surface area contributed by atoms with Crippen molar-refractivity contribution in [2.45, 2.75) is 46.2 Å². The van der Waals surface area contributed by atoms with Crippen LogP contribution in [0.2, 0.25) is 5.15 Å². The first-order valence-corrected chi connectivity index (χ1v) is 10.2. The molecule has 1 amide bonds. The summed E-state index contributed by atoms with van der Waals surface area (Å²) in [6, 6.07) is 11.3. The molecule has 1 heterocycles. The van der Waals surface area contributed by atoms with Crippen molar-refractivity contribution in [1.29, 1.82) is 0 Å². The molecule has 0 spiro atoms. The predicted molar refractivity (Wildman–Crippen MR) is 135 cm³/mol. The van der Waals surface area contributed by atoms with Crippen LogP contribution < -0.4 is 16.0 Å². The Labute approximate surface area is 201 Å². The predicted octanol–water partition coefficient (Wildman–Crippen LogP) is 4.18. The normalized spacial score (nSPS) is 11.4. The van der Waals surface area contributed by atoms with Gasteiger partial charge < -0.3 is 16.0 Å². The molecule has 0 aliphatic carbocycles. The zero-order chi connectivity index (χ0) is 21.3. The average Bonchev–Trinajstić information content (AvgIpc) is 2.66. The molecule has 164 valence electrons. The molecule has 0 aliphatic heterocycles. The fourth-order valence-electron chi connectivity index (χ4n) is 2.62. The molecule has 30 heavy (non-hydrogen) atoms. The first-order valence-electron chi connectivity index (χ1n) is 9.81. The third kappa shape index (κ3) is 9.75. The van der Waals surface area contributed by atoms with Crippen LogP contribution in [0.25, 0.3) is 0 Å². The number of nitrogens with one attached hydrogen (secondary N) is 3. The molecule has 0 saturated heterocycles. The van der Waals surface area contributed by atoms with E-state index in [-0.39, 0.29) is 35.4 Å². The van der Waals surface area contributed by atoms with Crippen molar-refractivity contribution >= 4 is 47.4 Å². The van der Waals surface area contributed by atoms with Gasteiger partial charge >= 0.3 is 0 Å². The highest BCUT2D eigenvalue weighted by molar-refractivity contribution is 14.0. The molecule has 0 unspecified atom stereocenters. The highest BCUT2D eigenvalue weighted by Crippen LogP contribution is 2.09. The van der Waals surface area contributed by atoms with Gasteiger partial charge in [0.2, 0.25) is 0 Å². The quantitative estimate of drug-likeness (QED) is 0.212. The Bertz CT molecular complexity index is 834. The van der Waals surface area contributed by atoms with Crippen molar-refractivity contribution in [2.24, 2.45) is 4.99 Å². The first-order chi connectivity index (χ1) is 13.8. The molecular formula is C22H31ClIN5O. The second kappa shape index (κ2) is 12.7. The van der Waals surface area contributed by atoms with E-state index in [1.54, 1.807) is 12.3 Å². The summed E-state index contributed by atoms with van der Waals surface area (Å²) >= 11 is 5.82. The van der Waals surface area contributed by atoms with Crippen LogP contribution in [0, 0.1) is 0 Å². The molecule has 0 radical (unpaired) electrons. The largest absolute Gasteiger partial charge is 0.357 e. The average molecular weight is 544 g/mol. The van der Waals surface area contributed by atoms with E-state index in [2.05, 4.69) is 25.9 Å². The van der Waals surface area contributed by atoms with Gasteiger partial charge in [0, 0.05) is 30.4 Å². The van der Waals surface area contributed by atoms with Crippen molar-refractivity contribution in [1.82, 2.24) is 20.9 Å². The van der Waals surface area contributed by atoms with E-state index in [0.717, 1.165) is 36.6 Å². The highest BCUT2D eigenvalue weighted by atomic mass is 127. The fraction of sp³-hybridized carbons (Fsp3) is 0.409. The van der Waals surface area contributed by atoms with E-state index >= 15 is 0 Å². The highest BCUT2D eigenvalue weighted by Gasteiger charge is 2.15. The minimum Gasteiger partial charge on any atom is -0.357 e. The van der Waals surface area contributed by atoms with E-state index in [1.807, 2.05) is 58.0 Å². The fourth-order valence-corrected chi connectivity index (χ4v) is 2.73. The molecule has 3 N–H and O–H groups in total. The second-order valence-electron chi connectivity index (χ2n) is 7.77. The van der Waals surface area contributed by atoms with Crippen molar-refractivity contribution < 1.29 is 4.79 Å². The van der Waals surface area contributed by atoms with E-state index < -0.39 is 0 Å². The van der Waals surface area contributed by atoms with Gasteiger partial charge in [-0.1, -0.05) is 29.8 Å². The molecule has 2 aromatic rings. The summed E-state index contributed by atoms with van der Waals surface area (Å²) in [4.78, 5) is 21.1. The molecule has 0 aliphatic rings. The number of pyridine rings is 1. The van der Waals surface area contributed by atoms with Gasteiger partial charge in [-0.2, -0.15) is 0 Å². The summed E-state index contributed by atoms with van der Waals surface area (Å²) in [5, 5.41) is 10.0. The van der Waals surface area contributed by atoms with Gasteiger partial charge in [-0.15, -0.1) is 24.0 Å². The van der Waals surface area contributed by atoms with E-state index in [1.165, 1.54) is 0 Å². The van der Waals surface area contributed by atoms with E-state index in [9.17, 15) is 4.79 Å². The summed E-state index contributed by atoms with van der Waals surface area (Å²) < 4.78 is 0. The minimum atomic E-state index is -0.271. The Balaban J connectivity index is 0.00000450. The Morgan fingerprint density at radius 1 is 1.13 bits per heavy atom. The molecule has 8 heteroatoms. The third-order valence-corrected chi connectivity index (χ3v) is 4.16. The number of nitrogens with zero attached hydrogens (tertiary/aromatic N) is 2. The van der Waals surface area contributed by atoms with Gasteiger partial charge in [0.25, 0.3) is 5.91 Å². The van der Waals surface area contributed by atoms with Crippen LogP contribution >= 0.6 is 35.6 Å². The topological polar surface area (TPSA) is 78.4 Å². The summed E-state index contributed by atoms with van der Waals surface area (Å²) in [6.07, 6.45) is 2.60. The maximum absolute atomic E-state index is 12.4. The minimum absolute atomic E-state index is 0. The van der Waals surface area contributed by atoms with Gasteiger partial charge in [-0.25, -0.2) is 9.98 Å². The van der Waals surface area contributed by atoms with Crippen molar-refractivity contribution in [3.05, 3.63) is 64.4 Å². The Morgan fingerprint density at radius 3 is 2.53 bits per heavy atom. The smallest absolute Gasteiger partial charge is 0.251 e. The van der Waals surface area contributed by atoms with Crippen LogP contribution in [0.3, 0.4) is 0 Å². The summed E-state index contributed by atoms with van der Waals surface area (Å²) in [5.41, 5.74) is 2.45. The number of amides is 1. The monoisotopic (exact) mass is 543 g/mol. The SMILES string of the molecule is CCNC(=NCc1cccc(C(=O)NC(C)(C)C)c1)NCCc1ccc(Cl)nc1.I. The van der Waals surface area contributed by atoms with Crippen LogP contribution in [-0.2, 0) is 13.0 Å². The van der Waals surface area contributed by atoms with Gasteiger partial charge in [-0.05, 0) is 63.4 Å². The lowest BCUT2D eigenvalue weighted by atomic mass is 10.1. The number of guanidine groups is 1. The molecule has 0 saturated carbocycles. The summed E-state index contributed by atoms with van der Waals surface area (Å²) in [7, 11) is 0. The molecule has 1 aromatic carbocycles. The van der Waals surface area contributed by atoms with Crippen LogP contribution in [-0.4, -0.2) is 35.5 Å². The van der Waals surface area contributed by atoms with E-state index in [4.69, 9.17) is 11.6 Å². The molecule has 6 nitrogen and oxygen atoms in total. The summed E-state index contributed by atoms with van der Waals surface area (Å²) in [5.74, 6) is 0.656. The Kier molecular flexibility index (Phi) is 11.1. The summed E-state index contributed by atoms with van der Waals surface area (Å²) in [6.45, 7) is 9.90. The molecule has 0 bridgehead atoms. The molecule has 1 aromatic heterocycles. The van der Waals surface area contributed by atoms with Crippen molar-refractivity contribution in [3.8, 4) is 0 Å². The number of aromatic nitrogens is 1. The lowest BCUT2D eigenvalue weighted by molar-refractivity contribution is 0.0919. The number of aliphatic imine (C=N–C) groups is 1. The zero-order valence-corrected chi connectivity index (χ0v) is 21.0.